The van der Waals surface area contributed by atoms with Crippen LogP contribution in [0.2, 0.25) is 0 Å². The molecule has 0 saturated heterocycles. The van der Waals surface area contributed by atoms with E-state index in [1.807, 2.05) is 35.7 Å². The van der Waals surface area contributed by atoms with Gasteiger partial charge >= 0.3 is 0 Å². The summed E-state index contributed by atoms with van der Waals surface area (Å²) >= 11 is 1.51. The van der Waals surface area contributed by atoms with Crippen molar-refractivity contribution >= 4 is 28.8 Å². The number of aliphatic imine (C=N–C) groups is 1. The van der Waals surface area contributed by atoms with Gasteiger partial charge in [0.25, 0.3) is 0 Å². The molecular weight excluding hydrogens is 248 g/mol. The number of benzene rings is 1. The number of aromatic nitrogens is 1. The lowest BCUT2D eigenvalue weighted by Gasteiger charge is -1.96. The van der Waals surface area contributed by atoms with E-state index in [2.05, 4.69) is 9.98 Å². The van der Waals surface area contributed by atoms with Crippen molar-refractivity contribution in [1.29, 1.82) is 0 Å². The Hall–Kier alpha value is -2.14. The molecule has 18 heavy (non-hydrogen) atoms. The average molecular weight is 258 g/mol. The highest BCUT2D eigenvalue weighted by atomic mass is 32.1. The average Bonchev–Trinajstić information content (AvgIpc) is 3.05. The summed E-state index contributed by atoms with van der Waals surface area (Å²) in [6.07, 6.45) is 7.29. The number of thiazole rings is 1. The van der Waals surface area contributed by atoms with Gasteiger partial charge < -0.3 is 9.47 Å². The Morgan fingerprint density at radius 1 is 1.28 bits per heavy atom. The van der Waals surface area contributed by atoms with Crippen LogP contribution in [0.4, 0.5) is 5.13 Å². The van der Waals surface area contributed by atoms with Crippen molar-refractivity contribution in [2.24, 2.45) is 4.99 Å². The first-order chi connectivity index (χ1) is 8.92. The summed E-state index contributed by atoms with van der Waals surface area (Å²) in [4.78, 5) is 8.25. The maximum absolute atomic E-state index is 5.31. The van der Waals surface area contributed by atoms with Crippen LogP contribution in [-0.4, -0.2) is 18.0 Å². The van der Waals surface area contributed by atoms with E-state index >= 15 is 0 Å². The minimum atomic E-state index is 0.300. The second-order valence-corrected chi connectivity index (χ2v) is 4.44. The zero-order valence-electron chi connectivity index (χ0n) is 9.45. The quantitative estimate of drug-likeness (QED) is 0.793. The van der Waals surface area contributed by atoms with Gasteiger partial charge in [-0.1, -0.05) is 12.1 Å². The standard InChI is InChI=1S/C13H10N2O2S/c1(5-14-13-15-6-7-18-13)2-10-3-4-11-12(8-10)17-9-16-11/h1-8H,9H2/b2-1+,14-5+. The summed E-state index contributed by atoms with van der Waals surface area (Å²) < 4.78 is 10.6. The molecule has 90 valence electrons. The molecule has 1 aliphatic heterocycles. The number of ether oxygens (including phenoxy) is 2. The van der Waals surface area contributed by atoms with Gasteiger partial charge in [-0.15, -0.1) is 11.3 Å². The van der Waals surface area contributed by atoms with Crippen LogP contribution in [0.5, 0.6) is 11.5 Å². The molecule has 0 amide bonds. The first-order valence-electron chi connectivity index (χ1n) is 5.42. The fraction of sp³-hybridized carbons (Fsp3) is 0.0769. The van der Waals surface area contributed by atoms with Gasteiger partial charge in [-0.3, -0.25) is 0 Å². The minimum absolute atomic E-state index is 0.300. The van der Waals surface area contributed by atoms with E-state index in [0.717, 1.165) is 22.2 Å². The highest BCUT2D eigenvalue weighted by molar-refractivity contribution is 7.13. The molecule has 0 atom stereocenters. The molecular formula is C13H10N2O2S. The first-order valence-corrected chi connectivity index (χ1v) is 6.30. The molecule has 5 heteroatoms. The van der Waals surface area contributed by atoms with Gasteiger partial charge in [0.2, 0.25) is 11.9 Å². The lowest BCUT2D eigenvalue weighted by Crippen LogP contribution is -1.92. The fourth-order valence-corrected chi connectivity index (χ4v) is 2.04. The molecule has 1 aromatic carbocycles. The Morgan fingerprint density at radius 3 is 3.11 bits per heavy atom. The smallest absolute Gasteiger partial charge is 0.231 e. The molecule has 1 aliphatic rings. The molecule has 0 saturated carbocycles. The van der Waals surface area contributed by atoms with Crippen molar-refractivity contribution in [3.8, 4) is 11.5 Å². The van der Waals surface area contributed by atoms with E-state index in [-0.39, 0.29) is 0 Å². The number of rotatable bonds is 3. The van der Waals surface area contributed by atoms with Crippen molar-refractivity contribution in [1.82, 2.24) is 4.98 Å². The van der Waals surface area contributed by atoms with Crippen LogP contribution in [0.25, 0.3) is 6.08 Å². The fourth-order valence-electron chi connectivity index (χ4n) is 1.56. The van der Waals surface area contributed by atoms with Crippen LogP contribution in [0.3, 0.4) is 0 Å². The van der Waals surface area contributed by atoms with Crippen LogP contribution in [0.15, 0.2) is 40.8 Å². The normalized spacial score (nSPS) is 13.8. The van der Waals surface area contributed by atoms with Gasteiger partial charge in [0.1, 0.15) is 0 Å². The molecule has 0 radical (unpaired) electrons. The highest BCUT2D eigenvalue weighted by Gasteiger charge is 2.11. The largest absolute Gasteiger partial charge is 0.454 e. The molecule has 4 nitrogen and oxygen atoms in total. The molecule has 0 fully saturated rings. The van der Waals surface area contributed by atoms with Gasteiger partial charge in [-0.25, -0.2) is 9.98 Å². The molecule has 0 unspecified atom stereocenters. The Morgan fingerprint density at radius 2 is 2.22 bits per heavy atom. The summed E-state index contributed by atoms with van der Waals surface area (Å²) in [5.74, 6) is 1.58. The Labute approximate surface area is 108 Å². The Balaban J connectivity index is 1.69. The van der Waals surface area contributed by atoms with Crippen molar-refractivity contribution in [2.75, 3.05) is 6.79 Å². The van der Waals surface area contributed by atoms with Crippen molar-refractivity contribution in [2.45, 2.75) is 0 Å². The van der Waals surface area contributed by atoms with Crippen LogP contribution < -0.4 is 9.47 Å². The predicted molar refractivity (Wildman–Crippen MR) is 71.9 cm³/mol. The first kappa shape index (κ1) is 11.0. The van der Waals surface area contributed by atoms with Crippen LogP contribution >= 0.6 is 11.3 Å². The third kappa shape index (κ3) is 2.41. The number of fused-ring (bicyclic) bond motifs is 1. The van der Waals surface area contributed by atoms with Crippen molar-refractivity contribution < 1.29 is 9.47 Å². The maximum Gasteiger partial charge on any atom is 0.231 e. The lowest BCUT2D eigenvalue weighted by atomic mass is 10.2. The van der Waals surface area contributed by atoms with E-state index in [1.165, 1.54) is 11.3 Å². The number of hydrogen-bond acceptors (Lipinski definition) is 5. The van der Waals surface area contributed by atoms with Crippen LogP contribution in [-0.2, 0) is 0 Å². The van der Waals surface area contributed by atoms with Gasteiger partial charge in [-0.05, 0) is 23.8 Å². The molecule has 0 bridgehead atoms. The highest BCUT2D eigenvalue weighted by Crippen LogP contribution is 2.32. The number of allylic oxidation sites excluding steroid dienone is 1. The van der Waals surface area contributed by atoms with E-state index in [4.69, 9.17) is 9.47 Å². The van der Waals surface area contributed by atoms with Crippen molar-refractivity contribution in [3.05, 3.63) is 41.4 Å². The molecule has 1 aromatic heterocycles. The molecule has 0 spiro atoms. The molecule has 2 heterocycles. The number of nitrogens with zero attached hydrogens (tertiary/aromatic N) is 2. The lowest BCUT2D eigenvalue weighted by molar-refractivity contribution is 0.174. The molecule has 0 aliphatic carbocycles. The van der Waals surface area contributed by atoms with Gasteiger partial charge in [0.15, 0.2) is 11.5 Å². The predicted octanol–water partition coefficient (Wildman–Crippen LogP) is 3.29. The third-order valence-corrected chi connectivity index (χ3v) is 3.06. The zero-order chi connectivity index (χ0) is 12.2. The van der Waals surface area contributed by atoms with Crippen LogP contribution in [0.1, 0.15) is 5.56 Å². The van der Waals surface area contributed by atoms with E-state index in [0.29, 0.717) is 6.79 Å². The van der Waals surface area contributed by atoms with Gasteiger partial charge in [0.05, 0.1) is 0 Å². The van der Waals surface area contributed by atoms with Gasteiger partial charge in [0, 0.05) is 17.8 Å². The van der Waals surface area contributed by atoms with Gasteiger partial charge in [-0.2, -0.15) is 0 Å². The number of hydrogen-bond donors (Lipinski definition) is 0. The SMILES string of the molecule is C(=C\c1ccc2c(c1)OCO2)/C=N/c1nccs1. The molecule has 2 aromatic rings. The second kappa shape index (κ2) is 5.01. The van der Waals surface area contributed by atoms with E-state index < -0.39 is 0 Å². The van der Waals surface area contributed by atoms with E-state index in [9.17, 15) is 0 Å². The molecule has 0 N–H and O–H groups in total. The van der Waals surface area contributed by atoms with Crippen LogP contribution in [0, 0.1) is 0 Å². The summed E-state index contributed by atoms with van der Waals surface area (Å²) in [5.41, 5.74) is 1.05. The molecule has 3 rings (SSSR count). The van der Waals surface area contributed by atoms with Crippen molar-refractivity contribution in [3.63, 3.8) is 0 Å². The second-order valence-electron chi connectivity index (χ2n) is 3.56. The van der Waals surface area contributed by atoms with E-state index in [1.54, 1.807) is 12.4 Å². The minimum Gasteiger partial charge on any atom is -0.454 e. The third-order valence-electron chi connectivity index (χ3n) is 2.38. The Bertz CT molecular complexity index is 591. The summed E-state index contributed by atoms with van der Waals surface area (Å²) in [5, 5.41) is 2.65. The zero-order valence-corrected chi connectivity index (χ0v) is 10.3. The summed E-state index contributed by atoms with van der Waals surface area (Å²) in [7, 11) is 0. The summed E-state index contributed by atoms with van der Waals surface area (Å²) in [6, 6.07) is 5.82. The maximum atomic E-state index is 5.31. The Kier molecular flexibility index (Phi) is 3.06. The topological polar surface area (TPSA) is 43.7 Å². The summed E-state index contributed by atoms with van der Waals surface area (Å²) in [6.45, 7) is 0.300. The monoisotopic (exact) mass is 258 g/mol.